The summed E-state index contributed by atoms with van der Waals surface area (Å²) in [6.45, 7) is 1.70. The molecule has 2 aromatic rings. The molecule has 0 aliphatic heterocycles. The van der Waals surface area contributed by atoms with Crippen molar-refractivity contribution in [3.05, 3.63) is 63.1 Å². The Balaban J connectivity index is 2.21. The van der Waals surface area contributed by atoms with E-state index in [-0.39, 0.29) is 11.7 Å². The lowest BCUT2D eigenvalue weighted by Gasteiger charge is -2.14. The van der Waals surface area contributed by atoms with Crippen LogP contribution in [0.1, 0.15) is 38.8 Å². The number of rotatable bonds is 8. The van der Waals surface area contributed by atoms with Crippen LogP contribution in [0.25, 0.3) is 0 Å². The zero-order valence-corrected chi connectivity index (χ0v) is 18.7. The molecule has 0 amide bonds. The third-order valence-corrected chi connectivity index (χ3v) is 5.48. The average molecular weight is 481 g/mol. The molecule has 6 nitrogen and oxygen atoms in total. The standard InChI is InChI=1S/C21H21BrO6S/c1-13(23)29-10-9-15-5-4-6-18(19(15)21(25)27-3)28-12-14-7-8-16(17(22)11-14)20(24)26-2/h4-8,11H,9-10,12H2,1-3H3. The minimum absolute atomic E-state index is 0.0259. The molecule has 0 saturated heterocycles. The van der Waals surface area contributed by atoms with Gasteiger partial charge >= 0.3 is 11.9 Å². The van der Waals surface area contributed by atoms with Gasteiger partial charge in [-0.1, -0.05) is 30.0 Å². The van der Waals surface area contributed by atoms with Gasteiger partial charge in [0, 0.05) is 17.1 Å². The molecule has 0 N–H and O–H groups in total. The number of esters is 2. The fourth-order valence-electron chi connectivity index (χ4n) is 2.63. The summed E-state index contributed by atoms with van der Waals surface area (Å²) < 4.78 is 16.1. The van der Waals surface area contributed by atoms with Crippen LogP contribution < -0.4 is 4.74 Å². The fourth-order valence-corrected chi connectivity index (χ4v) is 3.83. The van der Waals surface area contributed by atoms with E-state index in [0.29, 0.717) is 33.5 Å². The Morgan fingerprint density at radius 1 is 1.03 bits per heavy atom. The summed E-state index contributed by atoms with van der Waals surface area (Å²) in [5.74, 6) is 0.0273. The van der Waals surface area contributed by atoms with Crippen LogP contribution in [0.2, 0.25) is 0 Å². The highest BCUT2D eigenvalue weighted by Crippen LogP contribution is 2.27. The highest BCUT2D eigenvalue weighted by atomic mass is 79.9. The largest absolute Gasteiger partial charge is 0.488 e. The first-order valence-corrected chi connectivity index (χ1v) is 10.5. The van der Waals surface area contributed by atoms with Gasteiger partial charge in [0.15, 0.2) is 5.12 Å². The summed E-state index contributed by atoms with van der Waals surface area (Å²) in [6, 6.07) is 10.5. The lowest BCUT2D eigenvalue weighted by Crippen LogP contribution is -2.10. The predicted octanol–water partition coefficient (Wildman–Crippen LogP) is 4.42. The third kappa shape index (κ3) is 6.33. The molecular formula is C21H21BrO6S. The van der Waals surface area contributed by atoms with Crippen LogP contribution in [0.3, 0.4) is 0 Å². The molecule has 0 heterocycles. The van der Waals surface area contributed by atoms with Crippen LogP contribution in [0.4, 0.5) is 0 Å². The SMILES string of the molecule is COC(=O)c1ccc(COc2cccc(CCSC(C)=O)c2C(=O)OC)cc1Br. The van der Waals surface area contributed by atoms with Gasteiger partial charge in [0.2, 0.25) is 0 Å². The maximum Gasteiger partial charge on any atom is 0.341 e. The van der Waals surface area contributed by atoms with Crippen molar-refractivity contribution in [2.75, 3.05) is 20.0 Å². The number of aryl methyl sites for hydroxylation is 1. The van der Waals surface area contributed by atoms with Gasteiger partial charge < -0.3 is 14.2 Å². The van der Waals surface area contributed by atoms with Crippen molar-refractivity contribution in [1.82, 2.24) is 0 Å². The van der Waals surface area contributed by atoms with Crippen molar-refractivity contribution in [1.29, 1.82) is 0 Å². The van der Waals surface area contributed by atoms with Crippen LogP contribution in [0, 0.1) is 0 Å². The number of thioether (sulfide) groups is 1. The molecule has 0 atom stereocenters. The number of carbonyl (C=O) groups is 3. The molecule has 0 aliphatic rings. The van der Waals surface area contributed by atoms with Gasteiger partial charge in [-0.3, -0.25) is 4.79 Å². The lowest BCUT2D eigenvalue weighted by atomic mass is 10.0. The molecule has 0 spiro atoms. The molecule has 2 aromatic carbocycles. The van der Waals surface area contributed by atoms with Crippen molar-refractivity contribution >= 4 is 44.7 Å². The normalized spacial score (nSPS) is 10.3. The van der Waals surface area contributed by atoms with E-state index in [1.807, 2.05) is 6.07 Å². The molecule has 0 bridgehead atoms. The van der Waals surface area contributed by atoms with Crippen molar-refractivity contribution in [2.24, 2.45) is 0 Å². The minimum Gasteiger partial charge on any atom is -0.488 e. The van der Waals surface area contributed by atoms with Crippen LogP contribution in [0.5, 0.6) is 5.75 Å². The molecule has 0 saturated carbocycles. The summed E-state index contributed by atoms with van der Waals surface area (Å²) in [6.07, 6.45) is 0.533. The van der Waals surface area contributed by atoms with Crippen LogP contribution >= 0.6 is 27.7 Å². The fraction of sp³-hybridized carbons (Fsp3) is 0.286. The molecule has 0 aromatic heterocycles. The molecule has 0 fully saturated rings. The zero-order valence-electron chi connectivity index (χ0n) is 16.3. The van der Waals surface area contributed by atoms with Gasteiger partial charge in [-0.25, -0.2) is 9.59 Å². The van der Waals surface area contributed by atoms with E-state index in [4.69, 9.17) is 14.2 Å². The number of methoxy groups -OCH3 is 2. The predicted molar refractivity (Wildman–Crippen MR) is 114 cm³/mol. The Bertz CT molecular complexity index is 912. The van der Waals surface area contributed by atoms with Gasteiger partial charge in [0.05, 0.1) is 19.8 Å². The lowest BCUT2D eigenvalue weighted by molar-refractivity contribution is -0.109. The third-order valence-electron chi connectivity index (χ3n) is 4.01. The number of carbonyl (C=O) groups excluding carboxylic acids is 3. The Kier molecular flexibility index (Phi) is 8.72. The number of hydrogen-bond acceptors (Lipinski definition) is 7. The second-order valence-electron chi connectivity index (χ2n) is 5.97. The zero-order chi connectivity index (χ0) is 21.4. The summed E-state index contributed by atoms with van der Waals surface area (Å²) >= 11 is 4.56. The van der Waals surface area contributed by atoms with Gasteiger partial charge in [0.1, 0.15) is 17.9 Å². The Labute approximate surface area is 182 Å². The van der Waals surface area contributed by atoms with Crippen molar-refractivity contribution in [3.8, 4) is 5.75 Å². The summed E-state index contributed by atoms with van der Waals surface area (Å²) in [4.78, 5) is 35.2. The molecular weight excluding hydrogens is 460 g/mol. The first kappa shape index (κ1) is 23.0. The van der Waals surface area contributed by atoms with Crippen LogP contribution in [0.15, 0.2) is 40.9 Å². The van der Waals surface area contributed by atoms with Gasteiger partial charge in [-0.2, -0.15) is 0 Å². The Morgan fingerprint density at radius 3 is 2.38 bits per heavy atom. The van der Waals surface area contributed by atoms with E-state index in [0.717, 1.165) is 11.1 Å². The maximum atomic E-state index is 12.3. The van der Waals surface area contributed by atoms with E-state index in [1.165, 1.54) is 32.9 Å². The minimum atomic E-state index is -0.495. The number of benzene rings is 2. The smallest absolute Gasteiger partial charge is 0.341 e. The van der Waals surface area contributed by atoms with Crippen LogP contribution in [-0.4, -0.2) is 37.0 Å². The number of ether oxygens (including phenoxy) is 3. The molecule has 8 heteroatoms. The van der Waals surface area contributed by atoms with E-state index in [1.54, 1.807) is 30.3 Å². The molecule has 29 heavy (non-hydrogen) atoms. The van der Waals surface area contributed by atoms with Gasteiger partial charge in [-0.05, 0) is 51.7 Å². The molecule has 0 unspecified atom stereocenters. The molecule has 2 rings (SSSR count). The van der Waals surface area contributed by atoms with E-state index < -0.39 is 11.9 Å². The number of halogens is 1. The van der Waals surface area contributed by atoms with Gasteiger partial charge in [-0.15, -0.1) is 0 Å². The van der Waals surface area contributed by atoms with Gasteiger partial charge in [0.25, 0.3) is 0 Å². The summed E-state index contributed by atoms with van der Waals surface area (Å²) in [7, 11) is 2.64. The number of hydrogen-bond donors (Lipinski definition) is 0. The quantitative estimate of drug-likeness (QED) is 0.517. The Morgan fingerprint density at radius 2 is 1.76 bits per heavy atom. The maximum absolute atomic E-state index is 12.3. The molecule has 154 valence electrons. The highest BCUT2D eigenvalue weighted by Gasteiger charge is 2.19. The van der Waals surface area contributed by atoms with Crippen LogP contribution in [-0.2, 0) is 27.3 Å². The summed E-state index contributed by atoms with van der Waals surface area (Å²) in [5, 5.41) is 0.0259. The molecule has 0 aliphatic carbocycles. The Hall–Kier alpha value is -2.32. The second-order valence-corrected chi connectivity index (χ2v) is 8.09. The van der Waals surface area contributed by atoms with Crippen molar-refractivity contribution in [3.63, 3.8) is 0 Å². The van der Waals surface area contributed by atoms with E-state index in [2.05, 4.69) is 15.9 Å². The van der Waals surface area contributed by atoms with Crippen molar-refractivity contribution < 1.29 is 28.6 Å². The van der Waals surface area contributed by atoms with E-state index >= 15 is 0 Å². The van der Waals surface area contributed by atoms with E-state index in [9.17, 15) is 14.4 Å². The first-order chi connectivity index (χ1) is 13.9. The first-order valence-electron chi connectivity index (χ1n) is 8.70. The highest BCUT2D eigenvalue weighted by molar-refractivity contribution is 9.10. The monoisotopic (exact) mass is 480 g/mol. The topological polar surface area (TPSA) is 78.9 Å². The van der Waals surface area contributed by atoms with Crippen molar-refractivity contribution in [2.45, 2.75) is 20.0 Å². The second kappa shape index (κ2) is 11.0. The molecule has 0 radical (unpaired) electrons. The summed E-state index contributed by atoms with van der Waals surface area (Å²) in [5.41, 5.74) is 2.32. The average Bonchev–Trinajstić information content (AvgIpc) is 2.71.